The summed E-state index contributed by atoms with van der Waals surface area (Å²) in [5, 5.41) is 9.02. The van der Waals surface area contributed by atoms with Crippen molar-refractivity contribution in [3.8, 4) is 0 Å². The van der Waals surface area contributed by atoms with Crippen LogP contribution < -0.4 is 9.80 Å². The summed E-state index contributed by atoms with van der Waals surface area (Å²) < 4.78 is 2.39. The lowest BCUT2D eigenvalue weighted by atomic mass is 10.0. The fraction of sp³-hybridized carbons (Fsp3) is 0.727. The molecule has 5 rings (SSSR count). The molecule has 0 aromatic carbocycles. The van der Waals surface area contributed by atoms with Crippen LogP contribution in [0.25, 0.3) is 0 Å². The Kier molecular flexibility index (Phi) is 5.58. The van der Waals surface area contributed by atoms with Crippen molar-refractivity contribution in [2.24, 2.45) is 0 Å². The number of fused-ring (bicyclic) bond motifs is 1. The molecule has 2 aromatic rings. The van der Waals surface area contributed by atoms with Gasteiger partial charge < -0.3 is 14.4 Å². The molecule has 0 N–H and O–H groups in total. The Morgan fingerprint density at radius 1 is 0.900 bits per heavy atom. The number of aryl methyl sites for hydroxylation is 1. The van der Waals surface area contributed by atoms with Gasteiger partial charge in [-0.2, -0.15) is 0 Å². The van der Waals surface area contributed by atoms with Crippen molar-refractivity contribution < 1.29 is 0 Å². The zero-order valence-corrected chi connectivity index (χ0v) is 18.4. The standard InChI is InChI=1S/C22H34N8/c1-27(2)20-14-21(24-16-23-20)30(17-7-8-17)18-9-12-28(13-10-18)15-22-26-25-19-6-4-3-5-11-29(19)22/h14,16-18H,3-13,15H2,1-2H3. The largest absolute Gasteiger partial charge is 0.363 e. The minimum Gasteiger partial charge on any atom is -0.363 e. The van der Waals surface area contributed by atoms with E-state index in [-0.39, 0.29) is 0 Å². The molecular formula is C22H34N8. The molecule has 8 nitrogen and oxygen atoms in total. The van der Waals surface area contributed by atoms with E-state index in [4.69, 9.17) is 0 Å². The normalized spacial score (nSPS) is 20.6. The van der Waals surface area contributed by atoms with E-state index in [9.17, 15) is 0 Å². The fourth-order valence-electron chi connectivity index (χ4n) is 4.97. The molecule has 0 atom stereocenters. The van der Waals surface area contributed by atoms with Gasteiger partial charge in [-0.05, 0) is 38.5 Å². The third kappa shape index (κ3) is 4.15. The van der Waals surface area contributed by atoms with Crippen LogP contribution in [0.5, 0.6) is 0 Å². The molecule has 0 bridgehead atoms. The van der Waals surface area contributed by atoms with Gasteiger partial charge in [-0.3, -0.25) is 4.90 Å². The number of likely N-dealkylation sites (tertiary alicyclic amines) is 1. The second-order valence-electron chi connectivity index (χ2n) is 9.27. The SMILES string of the molecule is CN(C)c1cc(N(C2CC2)C2CCN(Cc3nnc4n3CCCCC4)CC2)ncn1. The van der Waals surface area contributed by atoms with Gasteiger partial charge in [-0.25, -0.2) is 9.97 Å². The van der Waals surface area contributed by atoms with Crippen LogP contribution in [0.15, 0.2) is 12.4 Å². The second kappa shape index (κ2) is 8.49. The molecule has 3 aliphatic rings. The van der Waals surface area contributed by atoms with Crippen LogP contribution in [0, 0.1) is 0 Å². The van der Waals surface area contributed by atoms with Gasteiger partial charge in [0.25, 0.3) is 0 Å². The first-order chi connectivity index (χ1) is 14.7. The van der Waals surface area contributed by atoms with Crippen molar-refractivity contribution >= 4 is 11.6 Å². The molecule has 0 amide bonds. The first-order valence-corrected chi connectivity index (χ1v) is 11.6. The molecule has 2 aliphatic heterocycles. The van der Waals surface area contributed by atoms with Crippen LogP contribution in [0.1, 0.15) is 56.6 Å². The lowest BCUT2D eigenvalue weighted by Gasteiger charge is -2.39. The summed E-state index contributed by atoms with van der Waals surface area (Å²) in [6, 6.07) is 3.36. The molecule has 8 heteroatoms. The van der Waals surface area contributed by atoms with Crippen LogP contribution in [-0.4, -0.2) is 68.9 Å². The zero-order valence-electron chi connectivity index (χ0n) is 18.4. The van der Waals surface area contributed by atoms with Gasteiger partial charge in [-0.15, -0.1) is 10.2 Å². The molecule has 1 saturated heterocycles. The number of rotatable bonds is 6. The van der Waals surface area contributed by atoms with E-state index in [1.807, 2.05) is 14.1 Å². The van der Waals surface area contributed by atoms with E-state index >= 15 is 0 Å². The van der Waals surface area contributed by atoms with Gasteiger partial charge in [-0.1, -0.05) is 6.42 Å². The summed E-state index contributed by atoms with van der Waals surface area (Å²) in [5.41, 5.74) is 0. The summed E-state index contributed by atoms with van der Waals surface area (Å²) in [7, 11) is 4.08. The third-order valence-corrected chi connectivity index (χ3v) is 6.80. The summed E-state index contributed by atoms with van der Waals surface area (Å²) in [5.74, 6) is 4.43. The quantitative estimate of drug-likeness (QED) is 0.725. The van der Waals surface area contributed by atoms with E-state index in [1.54, 1.807) is 6.33 Å². The Balaban J connectivity index is 1.24. The Morgan fingerprint density at radius 3 is 2.43 bits per heavy atom. The Morgan fingerprint density at radius 2 is 1.67 bits per heavy atom. The van der Waals surface area contributed by atoms with Crippen molar-refractivity contribution in [2.45, 2.75) is 76.5 Å². The monoisotopic (exact) mass is 410 g/mol. The molecule has 1 saturated carbocycles. The number of nitrogens with zero attached hydrogens (tertiary/aromatic N) is 8. The maximum absolute atomic E-state index is 4.65. The van der Waals surface area contributed by atoms with E-state index in [1.165, 1.54) is 50.8 Å². The highest BCUT2D eigenvalue weighted by atomic mass is 15.3. The van der Waals surface area contributed by atoms with Gasteiger partial charge in [0.15, 0.2) is 0 Å². The maximum atomic E-state index is 4.65. The minimum absolute atomic E-state index is 0.564. The van der Waals surface area contributed by atoms with E-state index in [0.29, 0.717) is 12.1 Å². The molecule has 4 heterocycles. The minimum atomic E-state index is 0.564. The lowest BCUT2D eigenvalue weighted by Crippen LogP contribution is -2.46. The Bertz CT molecular complexity index is 851. The highest BCUT2D eigenvalue weighted by Crippen LogP contribution is 2.36. The topological polar surface area (TPSA) is 66.2 Å². The number of hydrogen-bond donors (Lipinski definition) is 0. The van der Waals surface area contributed by atoms with Gasteiger partial charge in [0.2, 0.25) is 0 Å². The molecule has 0 spiro atoms. The molecule has 0 unspecified atom stereocenters. The van der Waals surface area contributed by atoms with E-state index < -0.39 is 0 Å². The van der Waals surface area contributed by atoms with Gasteiger partial charge in [0.1, 0.15) is 29.6 Å². The summed E-state index contributed by atoms with van der Waals surface area (Å²) in [6.07, 6.45) is 11.5. The summed E-state index contributed by atoms with van der Waals surface area (Å²) in [4.78, 5) is 16.3. The van der Waals surface area contributed by atoms with Crippen LogP contribution in [0.3, 0.4) is 0 Å². The van der Waals surface area contributed by atoms with Gasteiger partial charge >= 0.3 is 0 Å². The fourth-order valence-corrected chi connectivity index (χ4v) is 4.97. The lowest BCUT2D eigenvalue weighted by molar-refractivity contribution is 0.193. The second-order valence-corrected chi connectivity index (χ2v) is 9.27. The molecular weight excluding hydrogens is 376 g/mol. The molecule has 162 valence electrons. The third-order valence-electron chi connectivity index (χ3n) is 6.80. The van der Waals surface area contributed by atoms with Crippen LogP contribution >= 0.6 is 0 Å². The van der Waals surface area contributed by atoms with E-state index in [2.05, 4.69) is 45.5 Å². The first-order valence-electron chi connectivity index (χ1n) is 11.6. The van der Waals surface area contributed by atoms with Crippen molar-refractivity contribution in [3.63, 3.8) is 0 Å². The van der Waals surface area contributed by atoms with Crippen molar-refractivity contribution in [1.82, 2.24) is 29.6 Å². The molecule has 2 aromatic heterocycles. The van der Waals surface area contributed by atoms with Crippen molar-refractivity contribution in [3.05, 3.63) is 24.0 Å². The Hall–Kier alpha value is -2.22. The average molecular weight is 411 g/mol. The molecule has 30 heavy (non-hydrogen) atoms. The zero-order chi connectivity index (χ0) is 20.5. The predicted octanol–water partition coefficient (Wildman–Crippen LogP) is 2.49. The predicted molar refractivity (Wildman–Crippen MR) is 118 cm³/mol. The maximum Gasteiger partial charge on any atom is 0.147 e. The highest BCUT2D eigenvalue weighted by molar-refractivity contribution is 5.51. The first kappa shape index (κ1) is 19.7. The Labute approximate surface area is 179 Å². The van der Waals surface area contributed by atoms with E-state index in [0.717, 1.165) is 50.1 Å². The summed E-state index contributed by atoms with van der Waals surface area (Å²) >= 11 is 0. The van der Waals surface area contributed by atoms with Gasteiger partial charge in [0.05, 0.1) is 6.54 Å². The highest BCUT2D eigenvalue weighted by Gasteiger charge is 2.36. The van der Waals surface area contributed by atoms with Crippen molar-refractivity contribution in [1.29, 1.82) is 0 Å². The number of piperidine rings is 1. The smallest absolute Gasteiger partial charge is 0.147 e. The average Bonchev–Trinajstić information content (AvgIpc) is 3.56. The van der Waals surface area contributed by atoms with Crippen LogP contribution in [0.2, 0.25) is 0 Å². The number of hydrogen-bond acceptors (Lipinski definition) is 7. The number of aromatic nitrogens is 5. The summed E-state index contributed by atoms with van der Waals surface area (Å²) in [6.45, 7) is 4.25. The molecule has 1 aliphatic carbocycles. The van der Waals surface area contributed by atoms with Crippen LogP contribution in [-0.2, 0) is 19.5 Å². The number of anilines is 2. The van der Waals surface area contributed by atoms with Crippen LogP contribution in [0.4, 0.5) is 11.6 Å². The molecule has 0 radical (unpaired) electrons. The molecule has 2 fully saturated rings. The van der Waals surface area contributed by atoms with Gasteiger partial charge in [0, 0.05) is 58.3 Å². The van der Waals surface area contributed by atoms with Crippen molar-refractivity contribution in [2.75, 3.05) is 37.0 Å².